The molecule has 1 aromatic heterocycles. The van der Waals surface area contributed by atoms with E-state index < -0.39 is 25.6 Å². The van der Waals surface area contributed by atoms with E-state index >= 15 is 0 Å². The van der Waals surface area contributed by atoms with Crippen molar-refractivity contribution in [1.29, 1.82) is 0 Å². The van der Waals surface area contributed by atoms with Crippen molar-refractivity contribution in [1.82, 2.24) is 15.5 Å². The molecule has 2 rings (SSSR count). The van der Waals surface area contributed by atoms with Crippen LogP contribution in [-0.2, 0) is 22.7 Å². The maximum absolute atomic E-state index is 12.6. The number of hydrogen-bond acceptors (Lipinski definition) is 6. The standard InChI is InChI=1S/C11H15F4N3O3/c1-10(4-16-5-10)20-3-8-17-7(18-21-8)2-19-6-11(14,15)9(12)13/h9,16H,2-6H2,1H3. The smallest absolute Gasteiger partial charge is 0.330 e. The Balaban J connectivity index is 1.73. The van der Waals surface area contributed by atoms with Gasteiger partial charge in [-0.25, -0.2) is 8.78 Å². The van der Waals surface area contributed by atoms with Crippen LogP contribution in [-0.4, -0.2) is 47.8 Å². The zero-order valence-corrected chi connectivity index (χ0v) is 11.2. The van der Waals surface area contributed by atoms with E-state index in [1.165, 1.54) is 0 Å². The van der Waals surface area contributed by atoms with Gasteiger partial charge in [0.25, 0.3) is 5.89 Å². The van der Waals surface area contributed by atoms with Crippen LogP contribution in [0.15, 0.2) is 4.52 Å². The summed E-state index contributed by atoms with van der Waals surface area (Å²) in [6.07, 6.45) is -3.77. The number of ether oxygens (including phenoxy) is 2. The van der Waals surface area contributed by atoms with Crippen molar-refractivity contribution in [2.45, 2.75) is 38.1 Å². The minimum atomic E-state index is -4.19. The van der Waals surface area contributed by atoms with Crippen molar-refractivity contribution >= 4 is 0 Å². The molecule has 0 aromatic carbocycles. The Hall–Kier alpha value is -1.26. The van der Waals surface area contributed by atoms with Crippen molar-refractivity contribution in [3.05, 3.63) is 11.7 Å². The van der Waals surface area contributed by atoms with E-state index in [0.29, 0.717) is 13.1 Å². The number of alkyl halides is 4. The summed E-state index contributed by atoms with van der Waals surface area (Å²) in [6, 6.07) is 0. The van der Waals surface area contributed by atoms with E-state index in [1.807, 2.05) is 6.92 Å². The summed E-state index contributed by atoms with van der Waals surface area (Å²) in [5, 5.41) is 6.54. The lowest BCUT2D eigenvalue weighted by molar-refractivity contribution is -0.168. The first-order valence-corrected chi connectivity index (χ1v) is 6.21. The van der Waals surface area contributed by atoms with Crippen molar-refractivity contribution in [2.75, 3.05) is 19.7 Å². The molecule has 0 bridgehead atoms. The average Bonchev–Trinajstić information content (AvgIpc) is 2.81. The second-order valence-electron chi connectivity index (χ2n) is 5.00. The Kier molecular flexibility index (Phi) is 4.79. The molecule has 0 spiro atoms. The number of halogens is 4. The minimum Gasteiger partial charge on any atom is -0.367 e. The summed E-state index contributed by atoms with van der Waals surface area (Å²) in [5.41, 5.74) is -0.287. The van der Waals surface area contributed by atoms with Gasteiger partial charge in [0.15, 0.2) is 5.82 Å². The Labute approximate surface area is 117 Å². The molecule has 0 radical (unpaired) electrons. The van der Waals surface area contributed by atoms with E-state index in [9.17, 15) is 17.6 Å². The Morgan fingerprint density at radius 2 is 2.10 bits per heavy atom. The monoisotopic (exact) mass is 313 g/mol. The molecule has 6 nitrogen and oxygen atoms in total. The first-order chi connectivity index (χ1) is 9.81. The van der Waals surface area contributed by atoms with Gasteiger partial charge >= 0.3 is 12.3 Å². The van der Waals surface area contributed by atoms with Gasteiger partial charge in [0.05, 0.1) is 5.60 Å². The maximum atomic E-state index is 12.6. The molecule has 2 heterocycles. The Bertz CT molecular complexity index is 465. The first-order valence-electron chi connectivity index (χ1n) is 6.21. The van der Waals surface area contributed by atoms with Gasteiger partial charge in [0, 0.05) is 13.1 Å². The fraction of sp³-hybridized carbons (Fsp3) is 0.818. The van der Waals surface area contributed by atoms with Crippen LogP contribution in [0.25, 0.3) is 0 Å². The fourth-order valence-electron chi connectivity index (χ4n) is 1.56. The van der Waals surface area contributed by atoms with Crippen molar-refractivity contribution in [2.24, 2.45) is 0 Å². The number of aromatic nitrogens is 2. The quantitative estimate of drug-likeness (QED) is 0.731. The van der Waals surface area contributed by atoms with Crippen LogP contribution in [0.4, 0.5) is 17.6 Å². The summed E-state index contributed by atoms with van der Waals surface area (Å²) < 4.78 is 63.8. The third-order valence-corrected chi connectivity index (χ3v) is 2.90. The van der Waals surface area contributed by atoms with Crippen LogP contribution in [0, 0.1) is 0 Å². The molecule has 21 heavy (non-hydrogen) atoms. The minimum absolute atomic E-state index is 0.00412. The van der Waals surface area contributed by atoms with Crippen LogP contribution in [0.2, 0.25) is 0 Å². The molecule has 1 saturated heterocycles. The van der Waals surface area contributed by atoms with Crippen molar-refractivity contribution < 1.29 is 31.6 Å². The van der Waals surface area contributed by atoms with Crippen LogP contribution in [0.1, 0.15) is 18.6 Å². The highest BCUT2D eigenvalue weighted by Gasteiger charge is 2.41. The lowest BCUT2D eigenvalue weighted by Gasteiger charge is -2.38. The average molecular weight is 313 g/mol. The third-order valence-electron chi connectivity index (χ3n) is 2.90. The van der Waals surface area contributed by atoms with Gasteiger partial charge in [-0.15, -0.1) is 0 Å². The SMILES string of the molecule is CC1(OCc2nc(COCC(F)(F)C(F)F)no2)CNC1. The first kappa shape index (κ1) is 16.1. The summed E-state index contributed by atoms with van der Waals surface area (Å²) >= 11 is 0. The predicted molar refractivity (Wildman–Crippen MR) is 61.0 cm³/mol. The molecule has 1 aliphatic heterocycles. The largest absolute Gasteiger partial charge is 0.367 e. The molecule has 0 aliphatic carbocycles. The van der Waals surface area contributed by atoms with Crippen LogP contribution in [0.3, 0.4) is 0 Å². The molecule has 120 valence electrons. The summed E-state index contributed by atoms with van der Waals surface area (Å²) in [6.45, 7) is 1.56. The molecule has 1 N–H and O–H groups in total. The molecule has 0 saturated carbocycles. The van der Waals surface area contributed by atoms with E-state index in [0.717, 1.165) is 0 Å². The van der Waals surface area contributed by atoms with Gasteiger partial charge < -0.3 is 19.3 Å². The highest BCUT2D eigenvalue weighted by atomic mass is 19.3. The molecular weight excluding hydrogens is 298 g/mol. The maximum Gasteiger partial charge on any atom is 0.330 e. The molecular formula is C11H15F4N3O3. The second-order valence-corrected chi connectivity index (χ2v) is 5.00. The molecule has 0 unspecified atom stereocenters. The highest BCUT2D eigenvalue weighted by molar-refractivity contribution is 4.91. The number of nitrogens with one attached hydrogen (secondary N) is 1. The molecule has 1 aliphatic rings. The highest BCUT2D eigenvalue weighted by Crippen LogP contribution is 2.23. The summed E-state index contributed by atoms with van der Waals surface area (Å²) in [7, 11) is 0. The van der Waals surface area contributed by atoms with E-state index in [-0.39, 0.29) is 23.9 Å². The third kappa shape index (κ3) is 4.35. The number of hydrogen-bond donors (Lipinski definition) is 1. The Morgan fingerprint density at radius 3 is 2.67 bits per heavy atom. The normalized spacial score (nSPS) is 18.0. The van der Waals surface area contributed by atoms with Crippen LogP contribution < -0.4 is 5.32 Å². The topological polar surface area (TPSA) is 69.4 Å². The van der Waals surface area contributed by atoms with E-state index in [2.05, 4.69) is 20.2 Å². The van der Waals surface area contributed by atoms with Gasteiger partial charge in [-0.3, -0.25) is 0 Å². The summed E-state index contributed by atoms with van der Waals surface area (Å²) in [5.74, 6) is -4.03. The summed E-state index contributed by atoms with van der Waals surface area (Å²) in [4.78, 5) is 3.86. The van der Waals surface area contributed by atoms with Gasteiger partial charge in [0.2, 0.25) is 0 Å². The zero-order valence-electron chi connectivity index (χ0n) is 11.2. The lowest BCUT2D eigenvalue weighted by atomic mass is 10.0. The Morgan fingerprint density at radius 1 is 1.38 bits per heavy atom. The van der Waals surface area contributed by atoms with Gasteiger partial charge in [0.1, 0.15) is 19.8 Å². The number of rotatable bonds is 8. The van der Waals surface area contributed by atoms with Crippen LogP contribution >= 0.6 is 0 Å². The van der Waals surface area contributed by atoms with Gasteiger partial charge in [-0.1, -0.05) is 5.16 Å². The fourth-order valence-corrected chi connectivity index (χ4v) is 1.56. The van der Waals surface area contributed by atoms with Crippen molar-refractivity contribution in [3.63, 3.8) is 0 Å². The molecule has 10 heteroatoms. The van der Waals surface area contributed by atoms with Gasteiger partial charge in [-0.2, -0.15) is 13.8 Å². The molecule has 1 fully saturated rings. The lowest BCUT2D eigenvalue weighted by Crippen LogP contribution is -2.58. The van der Waals surface area contributed by atoms with Crippen LogP contribution in [0.5, 0.6) is 0 Å². The van der Waals surface area contributed by atoms with E-state index in [4.69, 9.17) is 9.26 Å². The number of nitrogens with zero attached hydrogens (tertiary/aromatic N) is 2. The molecule has 1 aromatic rings. The predicted octanol–water partition coefficient (Wildman–Crippen LogP) is 1.37. The second kappa shape index (κ2) is 6.24. The van der Waals surface area contributed by atoms with Gasteiger partial charge in [-0.05, 0) is 6.92 Å². The van der Waals surface area contributed by atoms with E-state index in [1.54, 1.807) is 0 Å². The molecule has 0 amide bonds. The zero-order chi connectivity index (χ0) is 15.5. The molecule has 0 atom stereocenters. The van der Waals surface area contributed by atoms with Crippen molar-refractivity contribution in [3.8, 4) is 0 Å².